The van der Waals surface area contributed by atoms with Crippen molar-refractivity contribution in [1.29, 1.82) is 0 Å². The molecule has 1 rings (SSSR count). The summed E-state index contributed by atoms with van der Waals surface area (Å²) in [4.78, 5) is 10.6. The van der Waals surface area contributed by atoms with E-state index >= 15 is 0 Å². The van der Waals surface area contributed by atoms with Gasteiger partial charge in [-0.25, -0.2) is 0 Å². The van der Waals surface area contributed by atoms with Gasteiger partial charge >= 0.3 is 0 Å². The minimum absolute atomic E-state index is 0.0190. The van der Waals surface area contributed by atoms with Gasteiger partial charge in [0.15, 0.2) is 0 Å². The molecule has 0 saturated heterocycles. The highest BCUT2D eigenvalue weighted by Gasteiger charge is 1.99. The normalized spacial score (nSPS) is 10.1. The number of carbonyl (C=O) groups is 1. The van der Waals surface area contributed by atoms with Crippen LogP contribution < -0.4 is 5.32 Å². The number of aromatic nitrogens is 3. The van der Waals surface area contributed by atoms with Gasteiger partial charge in [-0.1, -0.05) is 5.21 Å². The predicted molar refractivity (Wildman–Crippen MR) is 55.9 cm³/mol. The Morgan fingerprint density at radius 3 is 3.14 bits per heavy atom. The highest BCUT2D eigenvalue weighted by Crippen LogP contribution is 2.03. The Morgan fingerprint density at radius 1 is 1.71 bits per heavy atom. The first-order valence-corrected chi connectivity index (χ1v) is 5.74. The van der Waals surface area contributed by atoms with E-state index < -0.39 is 0 Å². The van der Waals surface area contributed by atoms with Crippen LogP contribution in [0.15, 0.2) is 6.20 Å². The molecule has 5 nitrogen and oxygen atoms in total. The molecular formula is C8H14N4OS. The van der Waals surface area contributed by atoms with Crippen molar-refractivity contribution in [3.8, 4) is 0 Å². The smallest absolute Gasteiger partial charge is 0.216 e. The fraction of sp³-hybridized carbons (Fsp3) is 0.625. The summed E-state index contributed by atoms with van der Waals surface area (Å²) in [6, 6.07) is 0. The predicted octanol–water partition coefficient (Wildman–Crippen LogP) is 0.277. The van der Waals surface area contributed by atoms with E-state index in [0.717, 1.165) is 11.4 Å². The van der Waals surface area contributed by atoms with Gasteiger partial charge in [0.05, 0.1) is 12.2 Å². The summed E-state index contributed by atoms with van der Waals surface area (Å²) < 4.78 is 1.74. The van der Waals surface area contributed by atoms with E-state index in [1.807, 2.05) is 12.5 Å². The second-order valence-corrected chi connectivity index (χ2v) is 3.75. The fourth-order valence-electron chi connectivity index (χ4n) is 1.01. The van der Waals surface area contributed by atoms with Crippen LogP contribution >= 0.6 is 11.8 Å². The van der Waals surface area contributed by atoms with Crippen LogP contribution in [0.5, 0.6) is 0 Å². The maximum absolute atomic E-state index is 10.6. The second kappa shape index (κ2) is 5.64. The van der Waals surface area contributed by atoms with Gasteiger partial charge in [0.2, 0.25) is 5.91 Å². The Kier molecular flexibility index (Phi) is 4.45. The number of hydrogen-bond donors (Lipinski definition) is 1. The lowest BCUT2D eigenvalue weighted by Gasteiger charge is -2.00. The molecule has 0 radical (unpaired) electrons. The lowest BCUT2D eigenvalue weighted by atomic mass is 10.5. The zero-order valence-corrected chi connectivity index (χ0v) is 9.17. The Bertz CT molecular complexity index is 299. The summed E-state index contributed by atoms with van der Waals surface area (Å²) in [5, 5.41) is 10.6. The van der Waals surface area contributed by atoms with Gasteiger partial charge in [-0.3, -0.25) is 9.48 Å². The number of thioether (sulfide) groups is 1. The lowest BCUT2D eigenvalue weighted by Crippen LogP contribution is -2.24. The second-order valence-electron chi connectivity index (χ2n) is 2.89. The van der Waals surface area contributed by atoms with Crippen LogP contribution in [0.3, 0.4) is 0 Å². The standard InChI is InChI=1S/C8H14N4OS/c1-7(13)9-3-4-12-5-8(6-14-2)10-11-12/h5H,3-4,6H2,1-2H3,(H,9,13). The van der Waals surface area contributed by atoms with Crippen molar-refractivity contribution in [1.82, 2.24) is 20.3 Å². The number of rotatable bonds is 5. The van der Waals surface area contributed by atoms with Gasteiger partial charge in [0, 0.05) is 25.4 Å². The molecule has 0 spiro atoms. The molecule has 0 aliphatic rings. The molecule has 1 aromatic heterocycles. The monoisotopic (exact) mass is 214 g/mol. The summed E-state index contributed by atoms with van der Waals surface area (Å²) in [5.74, 6) is 0.856. The number of carbonyl (C=O) groups excluding carboxylic acids is 1. The first-order chi connectivity index (χ1) is 6.72. The highest BCUT2D eigenvalue weighted by molar-refractivity contribution is 7.97. The fourth-order valence-corrected chi connectivity index (χ4v) is 1.44. The maximum atomic E-state index is 10.6. The molecule has 0 aliphatic heterocycles. The van der Waals surface area contributed by atoms with Crippen LogP contribution in [0, 0.1) is 0 Å². The minimum Gasteiger partial charge on any atom is -0.354 e. The highest BCUT2D eigenvalue weighted by atomic mass is 32.2. The van der Waals surface area contributed by atoms with Gasteiger partial charge in [0.25, 0.3) is 0 Å². The average Bonchev–Trinajstić information content (AvgIpc) is 2.53. The van der Waals surface area contributed by atoms with Crippen molar-refractivity contribution in [3.05, 3.63) is 11.9 Å². The average molecular weight is 214 g/mol. The molecule has 0 aliphatic carbocycles. The molecule has 1 N–H and O–H groups in total. The SMILES string of the molecule is CSCc1cn(CCNC(C)=O)nn1. The quantitative estimate of drug-likeness (QED) is 0.764. The topological polar surface area (TPSA) is 59.8 Å². The largest absolute Gasteiger partial charge is 0.354 e. The molecule has 1 amide bonds. The molecule has 1 aromatic rings. The Morgan fingerprint density at radius 2 is 2.50 bits per heavy atom. The summed E-state index contributed by atoms with van der Waals surface area (Å²) in [6.07, 6.45) is 3.93. The van der Waals surface area contributed by atoms with Crippen LogP contribution in [0.25, 0.3) is 0 Å². The molecule has 0 bridgehead atoms. The third-order valence-corrected chi connectivity index (χ3v) is 2.18. The van der Waals surface area contributed by atoms with E-state index in [9.17, 15) is 4.79 Å². The first kappa shape index (κ1) is 11.0. The minimum atomic E-state index is -0.0190. The van der Waals surface area contributed by atoms with Gasteiger partial charge < -0.3 is 5.32 Å². The molecule has 1 heterocycles. The number of amides is 1. The number of hydrogen-bond acceptors (Lipinski definition) is 4. The summed E-state index contributed by atoms with van der Waals surface area (Å²) >= 11 is 1.71. The zero-order chi connectivity index (χ0) is 10.4. The van der Waals surface area contributed by atoms with Crippen LogP contribution in [-0.2, 0) is 17.1 Å². The van der Waals surface area contributed by atoms with Crippen molar-refractivity contribution in [2.75, 3.05) is 12.8 Å². The molecule has 0 aromatic carbocycles. The van der Waals surface area contributed by atoms with Crippen LogP contribution in [0.2, 0.25) is 0 Å². The molecule has 0 atom stereocenters. The van der Waals surface area contributed by atoms with Crippen LogP contribution in [0.1, 0.15) is 12.6 Å². The summed E-state index contributed by atoms with van der Waals surface area (Å²) in [6.45, 7) is 2.76. The zero-order valence-electron chi connectivity index (χ0n) is 8.36. The van der Waals surface area contributed by atoms with Crippen molar-refractivity contribution in [2.45, 2.75) is 19.2 Å². The van der Waals surface area contributed by atoms with Crippen molar-refractivity contribution >= 4 is 17.7 Å². The van der Waals surface area contributed by atoms with Crippen molar-refractivity contribution in [2.24, 2.45) is 0 Å². The maximum Gasteiger partial charge on any atom is 0.216 e. The van der Waals surface area contributed by atoms with Gasteiger partial charge in [-0.2, -0.15) is 11.8 Å². The van der Waals surface area contributed by atoms with Gasteiger partial charge in [-0.15, -0.1) is 5.10 Å². The van der Waals surface area contributed by atoms with Crippen LogP contribution in [-0.4, -0.2) is 33.7 Å². The number of nitrogens with zero attached hydrogens (tertiary/aromatic N) is 3. The number of nitrogens with one attached hydrogen (secondary N) is 1. The molecule has 6 heteroatoms. The van der Waals surface area contributed by atoms with Crippen LogP contribution in [0.4, 0.5) is 0 Å². The van der Waals surface area contributed by atoms with Crippen molar-refractivity contribution in [3.63, 3.8) is 0 Å². The Labute approximate surface area is 87.3 Å². The first-order valence-electron chi connectivity index (χ1n) is 4.34. The molecule has 0 unspecified atom stereocenters. The summed E-state index contributed by atoms with van der Waals surface area (Å²) in [5.41, 5.74) is 0.973. The van der Waals surface area contributed by atoms with E-state index in [-0.39, 0.29) is 5.91 Å². The molecule has 0 saturated carbocycles. The van der Waals surface area contributed by atoms with Gasteiger partial charge in [-0.05, 0) is 6.26 Å². The Hall–Kier alpha value is -1.04. The molecule has 14 heavy (non-hydrogen) atoms. The third-order valence-electron chi connectivity index (χ3n) is 1.59. The lowest BCUT2D eigenvalue weighted by molar-refractivity contribution is -0.118. The van der Waals surface area contributed by atoms with Gasteiger partial charge in [0.1, 0.15) is 0 Å². The molecular weight excluding hydrogens is 200 g/mol. The van der Waals surface area contributed by atoms with E-state index in [4.69, 9.17) is 0 Å². The van der Waals surface area contributed by atoms with Crippen molar-refractivity contribution < 1.29 is 4.79 Å². The van der Waals surface area contributed by atoms with E-state index in [2.05, 4.69) is 15.6 Å². The van der Waals surface area contributed by atoms with E-state index in [0.29, 0.717) is 13.1 Å². The molecule has 78 valence electrons. The van der Waals surface area contributed by atoms with E-state index in [1.54, 1.807) is 16.4 Å². The van der Waals surface area contributed by atoms with E-state index in [1.165, 1.54) is 6.92 Å². The Balaban J connectivity index is 2.32. The summed E-state index contributed by atoms with van der Waals surface area (Å²) in [7, 11) is 0. The third kappa shape index (κ3) is 3.78. The molecule has 0 fully saturated rings.